The maximum Gasteiger partial charge on any atom is 0.363 e. The number of carbonyl (C=O) groups is 1. The van der Waals surface area contributed by atoms with Crippen molar-refractivity contribution in [2.45, 2.75) is 20.3 Å². The zero-order valence-electron chi connectivity index (χ0n) is 11.0. The van der Waals surface area contributed by atoms with Crippen LogP contribution in [0.1, 0.15) is 28.0 Å². The van der Waals surface area contributed by atoms with E-state index in [0.717, 1.165) is 10.6 Å². The molecular formula is C13H12N2O4S. The molecule has 1 aromatic heterocycles. The molecule has 0 atom stereocenters. The summed E-state index contributed by atoms with van der Waals surface area (Å²) in [4.78, 5) is 26.3. The van der Waals surface area contributed by atoms with Gasteiger partial charge in [0, 0.05) is 11.4 Å². The average molecular weight is 292 g/mol. The highest BCUT2D eigenvalue weighted by Gasteiger charge is 2.20. The van der Waals surface area contributed by atoms with Gasteiger partial charge >= 0.3 is 11.7 Å². The minimum atomic E-state index is -0.693. The average Bonchev–Trinajstić information content (AvgIpc) is 2.85. The van der Waals surface area contributed by atoms with Gasteiger partial charge in [-0.3, -0.25) is 10.1 Å². The van der Waals surface area contributed by atoms with Crippen molar-refractivity contribution < 1.29 is 14.5 Å². The minimum absolute atomic E-state index is 0.0668. The number of ether oxygens (including phenoxy) is 1. The molecule has 0 aliphatic rings. The topological polar surface area (TPSA) is 82.3 Å². The molecule has 2 rings (SSSR count). The Morgan fingerprint density at radius 1 is 1.50 bits per heavy atom. The van der Waals surface area contributed by atoms with Crippen LogP contribution in [0.25, 0.3) is 0 Å². The van der Waals surface area contributed by atoms with Gasteiger partial charge in [0.25, 0.3) is 0 Å². The molecule has 0 N–H and O–H groups in total. The maximum atomic E-state index is 11.9. The van der Waals surface area contributed by atoms with Gasteiger partial charge in [0.05, 0.1) is 9.93 Å². The molecule has 0 amide bonds. The molecule has 0 radical (unpaired) electrons. The van der Waals surface area contributed by atoms with Gasteiger partial charge in [0.2, 0.25) is 5.75 Å². The Labute approximate surface area is 119 Å². The molecular weight excluding hydrogens is 280 g/mol. The number of hydrogen-bond donors (Lipinski definition) is 0. The van der Waals surface area contributed by atoms with Crippen molar-refractivity contribution in [3.8, 4) is 5.75 Å². The molecule has 0 saturated heterocycles. The normalized spacial score (nSPS) is 10.3. The number of nitro groups is 1. The summed E-state index contributed by atoms with van der Waals surface area (Å²) in [5, 5.41) is 13.3. The predicted octanol–water partition coefficient (Wildman–Crippen LogP) is 3.14. The first-order chi connectivity index (χ1) is 9.51. The van der Waals surface area contributed by atoms with E-state index in [1.807, 2.05) is 6.92 Å². The molecule has 0 spiro atoms. The Kier molecular flexibility index (Phi) is 4.09. The Hall–Kier alpha value is -2.28. The van der Waals surface area contributed by atoms with E-state index in [1.165, 1.54) is 23.5 Å². The smallest absolute Gasteiger partial charge is 0.363 e. The Morgan fingerprint density at radius 3 is 2.80 bits per heavy atom. The fourth-order valence-corrected chi connectivity index (χ4v) is 2.20. The van der Waals surface area contributed by atoms with E-state index in [2.05, 4.69) is 4.98 Å². The zero-order chi connectivity index (χ0) is 14.7. The van der Waals surface area contributed by atoms with Crippen LogP contribution in [0.2, 0.25) is 0 Å². The van der Waals surface area contributed by atoms with Crippen LogP contribution in [0.3, 0.4) is 0 Å². The number of aromatic nitrogens is 1. The van der Waals surface area contributed by atoms with Gasteiger partial charge in [-0.15, -0.1) is 11.3 Å². The van der Waals surface area contributed by atoms with Gasteiger partial charge in [-0.05, 0) is 25.0 Å². The number of carbonyl (C=O) groups excluding carboxylic acids is 1. The summed E-state index contributed by atoms with van der Waals surface area (Å²) in [6, 6.07) is 4.55. The van der Waals surface area contributed by atoms with Gasteiger partial charge < -0.3 is 4.74 Å². The molecule has 1 aromatic carbocycles. The Bertz CT molecular complexity index is 666. The van der Waals surface area contributed by atoms with E-state index in [4.69, 9.17) is 4.74 Å². The third kappa shape index (κ3) is 3.00. The van der Waals surface area contributed by atoms with Gasteiger partial charge in [-0.25, -0.2) is 9.78 Å². The van der Waals surface area contributed by atoms with E-state index in [-0.39, 0.29) is 17.1 Å². The van der Waals surface area contributed by atoms with Crippen molar-refractivity contribution in [2.75, 3.05) is 0 Å². The fourth-order valence-electron chi connectivity index (χ4n) is 1.62. The van der Waals surface area contributed by atoms with Crippen molar-refractivity contribution in [1.82, 2.24) is 4.98 Å². The Balaban J connectivity index is 2.29. The quantitative estimate of drug-likeness (QED) is 0.374. The molecule has 1 heterocycles. The predicted molar refractivity (Wildman–Crippen MR) is 74.3 cm³/mol. The van der Waals surface area contributed by atoms with Crippen LogP contribution in [0.5, 0.6) is 5.75 Å². The van der Waals surface area contributed by atoms with Crippen molar-refractivity contribution in [3.05, 3.63) is 50.0 Å². The summed E-state index contributed by atoms with van der Waals surface area (Å²) in [6.07, 6.45) is 0.667. The summed E-state index contributed by atoms with van der Waals surface area (Å²) in [6.45, 7) is 3.66. The number of aryl methyl sites for hydroxylation is 2. The van der Waals surface area contributed by atoms with Gasteiger partial charge in [0.15, 0.2) is 5.69 Å². The van der Waals surface area contributed by atoms with E-state index in [0.29, 0.717) is 6.42 Å². The Morgan fingerprint density at radius 2 is 2.25 bits per heavy atom. The van der Waals surface area contributed by atoms with E-state index >= 15 is 0 Å². The third-order valence-corrected chi connectivity index (χ3v) is 3.43. The first kappa shape index (κ1) is 14.1. The van der Waals surface area contributed by atoms with E-state index in [1.54, 1.807) is 18.4 Å². The molecule has 0 fully saturated rings. The standard InChI is InChI=1S/C13H12N2O4S/c1-3-9-4-5-12(11(6-9)15(17)18)19-13(16)10-7-20-8(2)14-10/h4-7H,3H2,1-2H3. The van der Waals surface area contributed by atoms with Crippen molar-refractivity contribution in [3.63, 3.8) is 0 Å². The van der Waals surface area contributed by atoms with Gasteiger partial charge in [-0.1, -0.05) is 13.0 Å². The molecule has 7 heteroatoms. The highest BCUT2D eigenvalue weighted by atomic mass is 32.1. The highest BCUT2D eigenvalue weighted by Crippen LogP contribution is 2.29. The summed E-state index contributed by atoms with van der Waals surface area (Å²) in [7, 11) is 0. The van der Waals surface area contributed by atoms with Crippen LogP contribution >= 0.6 is 11.3 Å². The molecule has 0 aliphatic carbocycles. The van der Waals surface area contributed by atoms with Crippen molar-refractivity contribution in [2.24, 2.45) is 0 Å². The van der Waals surface area contributed by atoms with Gasteiger partial charge in [-0.2, -0.15) is 0 Å². The van der Waals surface area contributed by atoms with Crippen LogP contribution < -0.4 is 4.74 Å². The molecule has 20 heavy (non-hydrogen) atoms. The number of nitrogens with zero attached hydrogens (tertiary/aromatic N) is 2. The van der Waals surface area contributed by atoms with E-state index < -0.39 is 10.9 Å². The van der Waals surface area contributed by atoms with Crippen molar-refractivity contribution in [1.29, 1.82) is 0 Å². The lowest BCUT2D eigenvalue weighted by molar-refractivity contribution is -0.385. The van der Waals surface area contributed by atoms with Crippen LogP contribution in [-0.2, 0) is 6.42 Å². The lowest BCUT2D eigenvalue weighted by Gasteiger charge is -2.05. The number of rotatable bonds is 4. The number of esters is 1. The maximum absolute atomic E-state index is 11.9. The molecule has 6 nitrogen and oxygen atoms in total. The summed E-state index contributed by atoms with van der Waals surface area (Å²) < 4.78 is 5.07. The highest BCUT2D eigenvalue weighted by molar-refractivity contribution is 7.09. The molecule has 0 aliphatic heterocycles. The minimum Gasteiger partial charge on any atom is -0.414 e. The lowest BCUT2D eigenvalue weighted by atomic mass is 10.1. The number of nitro benzene ring substituents is 1. The first-order valence-corrected chi connectivity index (χ1v) is 6.81. The van der Waals surface area contributed by atoms with Gasteiger partial charge in [0.1, 0.15) is 0 Å². The second-order valence-corrected chi connectivity index (χ2v) is 5.12. The molecule has 104 valence electrons. The summed E-state index contributed by atoms with van der Waals surface area (Å²) >= 11 is 1.31. The number of thiazole rings is 1. The number of hydrogen-bond acceptors (Lipinski definition) is 6. The second kappa shape index (κ2) is 5.79. The van der Waals surface area contributed by atoms with Crippen molar-refractivity contribution >= 4 is 23.0 Å². The molecule has 2 aromatic rings. The lowest BCUT2D eigenvalue weighted by Crippen LogP contribution is -2.10. The van der Waals surface area contributed by atoms with Crippen LogP contribution in [0, 0.1) is 17.0 Å². The third-order valence-electron chi connectivity index (χ3n) is 2.66. The first-order valence-electron chi connectivity index (χ1n) is 5.93. The largest absolute Gasteiger partial charge is 0.414 e. The summed E-state index contributed by atoms with van der Waals surface area (Å²) in [5.74, 6) is -0.760. The number of benzene rings is 1. The van der Waals surface area contributed by atoms with Crippen LogP contribution in [-0.4, -0.2) is 15.9 Å². The van der Waals surface area contributed by atoms with E-state index in [9.17, 15) is 14.9 Å². The van der Waals surface area contributed by atoms with Crippen LogP contribution in [0.4, 0.5) is 5.69 Å². The molecule has 0 saturated carbocycles. The summed E-state index contributed by atoms with van der Waals surface area (Å²) in [5.41, 5.74) is 0.743. The zero-order valence-corrected chi connectivity index (χ0v) is 11.8. The molecule has 0 unspecified atom stereocenters. The molecule has 0 bridgehead atoms. The SMILES string of the molecule is CCc1ccc(OC(=O)c2csc(C)n2)c([N+](=O)[O-])c1. The fraction of sp³-hybridized carbons (Fsp3) is 0.231. The van der Waals surface area contributed by atoms with Crippen LogP contribution in [0.15, 0.2) is 23.6 Å². The monoisotopic (exact) mass is 292 g/mol. The second-order valence-electron chi connectivity index (χ2n) is 4.05.